The summed E-state index contributed by atoms with van der Waals surface area (Å²) in [5, 5.41) is 0. The Kier molecular flexibility index (Phi) is 4.48. The zero-order valence-corrected chi connectivity index (χ0v) is 9.33. The van der Waals surface area contributed by atoms with Crippen LogP contribution in [0.15, 0.2) is 21.2 Å². The van der Waals surface area contributed by atoms with E-state index in [4.69, 9.17) is 13.9 Å². The van der Waals surface area contributed by atoms with Crippen molar-refractivity contribution in [1.82, 2.24) is 0 Å². The minimum Gasteiger partial charge on any atom is -0.449 e. The van der Waals surface area contributed by atoms with Crippen LogP contribution in [0.25, 0.3) is 0 Å². The smallest absolute Gasteiger partial charge is 0.217 e. The molecule has 0 atom stereocenters. The Hall–Kier alpha value is -0.320. The molecule has 0 spiro atoms. The lowest BCUT2D eigenvalue weighted by atomic mass is 10.4. The minimum absolute atomic E-state index is 0.388. The Balaban J connectivity index is 2.63. The average molecular weight is 249 g/mol. The predicted molar refractivity (Wildman–Crippen MR) is 52.4 cm³/mol. The van der Waals surface area contributed by atoms with Gasteiger partial charge < -0.3 is 13.9 Å². The van der Waals surface area contributed by atoms with Gasteiger partial charge in [0, 0.05) is 13.2 Å². The average Bonchev–Trinajstić information content (AvgIpc) is 2.51. The third-order valence-electron chi connectivity index (χ3n) is 1.46. The van der Waals surface area contributed by atoms with Crippen LogP contribution in [0.2, 0.25) is 0 Å². The lowest BCUT2D eigenvalue weighted by Gasteiger charge is -2.13. The second kappa shape index (κ2) is 5.42. The predicted octanol–water partition coefficient (Wildman–Crippen LogP) is 3.11. The van der Waals surface area contributed by atoms with Gasteiger partial charge in [0.25, 0.3) is 0 Å². The molecule has 13 heavy (non-hydrogen) atoms. The molecule has 0 amide bonds. The monoisotopic (exact) mass is 248 g/mol. The summed E-state index contributed by atoms with van der Waals surface area (Å²) in [5.74, 6) is 0.690. The molecule has 1 aromatic rings. The number of furan rings is 1. The van der Waals surface area contributed by atoms with Crippen LogP contribution in [-0.4, -0.2) is 13.2 Å². The van der Waals surface area contributed by atoms with Crippen LogP contribution in [0.1, 0.15) is 25.9 Å². The van der Waals surface area contributed by atoms with Gasteiger partial charge in [0.15, 0.2) is 10.4 Å². The molecule has 0 unspecified atom stereocenters. The van der Waals surface area contributed by atoms with Gasteiger partial charge >= 0.3 is 0 Å². The molecule has 0 aliphatic rings. The van der Waals surface area contributed by atoms with Crippen molar-refractivity contribution < 1.29 is 13.9 Å². The quantitative estimate of drug-likeness (QED) is 0.751. The second-order valence-corrected chi connectivity index (χ2v) is 3.17. The fourth-order valence-electron chi connectivity index (χ4n) is 0.970. The molecule has 74 valence electrons. The fraction of sp³-hybridized carbons (Fsp3) is 0.556. The molecule has 0 bridgehead atoms. The van der Waals surface area contributed by atoms with E-state index in [9.17, 15) is 0 Å². The minimum atomic E-state index is -0.388. The first-order valence-corrected chi connectivity index (χ1v) is 5.05. The van der Waals surface area contributed by atoms with Gasteiger partial charge in [0.2, 0.25) is 6.29 Å². The second-order valence-electron chi connectivity index (χ2n) is 2.38. The van der Waals surface area contributed by atoms with Crippen molar-refractivity contribution in [2.45, 2.75) is 20.1 Å². The Labute approximate surface area is 86.1 Å². The SMILES string of the molecule is CCOC(OCC)c1ccc(Br)o1. The molecular formula is C9H13BrO3. The molecule has 0 saturated heterocycles. The Morgan fingerprint density at radius 1 is 1.31 bits per heavy atom. The van der Waals surface area contributed by atoms with E-state index >= 15 is 0 Å². The first-order chi connectivity index (χ1) is 6.27. The van der Waals surface area contributed by atoms with Gasteiger partial charge in [0.05, 0.1) is 0 Å². The van der Waals surface area contributed by atoms with Crippen molar-refractivity contribution in [1.29, 1.82) is 0 Å². The van der Waals surface area contributed by atoms with Gasteiger partial charge in [-0.25, -0.2) is 0 Å². The summed E-state index contributed by atoms with van der Waals surface area (Å²) in [5.41, 5.74) is 0. The topological polar surface area (TPSA) is 31.6 Å². The van der Waals surface area contributed by atoms with Crippen LogP contribution in [0.4, 0.5) is 0 Å². The first kappa shape index (κ1) is 10.8. The van der Waals surface area contributed by atoms with E-state index in [1.807, 2.05) is 26.0 Å². The van der Waals surface area contributed by atoms with Crippen molar-refractivity contribution >= 4 is 15.9 Å². The molecule has 0 radical (unpaired) electrons. The van der Waals surface area contributed by atoms with E-state index in [1.54, 1.807) is 0 Å². The van der Waals surface area contributed by atoms with E-state index in [0.29, 0.717) is 23.6 Å². The molecule has 0 aromatic carbocycles. The molecule has 0 N–H and O–H groups in total. The Morgan fingerprint density at radius 2 is 1.92 bits per heavy atom. The van der Waals surface area contributed by atoms with Gasteiger partial charge in [-0.1, -0.05) is 0 Å². The van der Waals surface area contributed by atoms with Gasteiger partial charge in [0.1, 0.15) is 0 Å². The maximum Gasteiger partial charge on any atom is 0.217 e. The highest BCUT2D eigenvalue weighted by Crippen LogP contribution is 2.23. The summed E-state index contributed by atoms with van der Waals surface area (Å²) < 4.78 is 16.7. The lowest BCUT2D eigenvalue weighted by molar-refractivity contribution is -0.150. The summed E-state index contributed by atoms with van der Waals surface area (Å²) >= 11 is 3.22. The number of halogens is 1. The largest absolute Gasteiger partial charge is 0.449 e. The number of ether oxygens (including phenoxy) is 2. The summed E-state index contributed by atoms with van der Waals surface area (Å²) in [4.78, 5) is 0. The fourth-order valence-corrected chi connectivity index (χ4v) is 1.29. The Bertz CT molecular complexity index is 241. The van der Waals surface area contributed by atoms with Crippen LogP contribution < -0.4 is 0 Å². The molecule has 0 aliphatic heterocycles. The number of rotatable bonds is 5. The van der Waals surface area contributed by atoms with Crippen LogP contribution in [0, 0.1) is 0 Å². The van der Waals surface area contributed by atoms with Crippen LogP contribution in [0.3, 0.4) is 0 Å². The summed E-state index contributed by atoms with van der Waals surface area (Å²) in [6.07, 6.45) is -0.388. The molecule has 0 fully saturated rings. The van der Waals surface area contributed by atoms with Crippen molar-refractivity contribution in [3.8, 4) is 0 Å². The summed E-state index contributed by atoms with van der Waals surface area (Å²) in [7, 11) is 0. The third kappa shape index (κ3) is 3.14. The van der Waals surface area contributed by atoms with E-state index in [1.165, 1.54) is 0 Å². The zero-order valence-electron chi connectivity index (χ0n) is 7.75. The van der Waals surface area contributed by atoms with E-state index in [2.05, 4.69) is 15.9 Å². The maximum absolute atomic E-state index is 5.34. The Morgan fingerprint density at radius 3 is 2.31 bits per heavy atom. The molecule has 4 heteroatoms. The van der Waals surface area contributed by atoms with Crippen LogP contribution in [-0.2, 0) is 9.47 Å². The summed E-state index contributed by atoms with van der Waals surface area (Å²) in [6, 6.07) is 3.65. The van der Waals surface area contributed by atoms with Crippen molar-refractivity contribution in [2.75, 3.05) is 13.2 Å². The normalized spacial score (nSPS) is 11.1. The van der Waals surface area contributed by atoms with Gasteiger partial charge in [-0.05, 0) is 41.9 Å². The van der Waals surface area contributed by atoms with Gasteiger partial charge in [-0.3, -0.25) is 0 Å². The van der Waals surface area contributed by atoms with Gasteiger partial charge in [-0.15, -0.1) is 0 Å². The maximum atomic E-state index is 5.34. The number of hydrogen-bond donors (Lipinski definition) is 0. The highest BCUT2D eigenvalue weighted by Gasteiger charge is 2.14. The molecule has 1 rings (SSSR count). The van der Waals surface area contributed by atoms with Crippen LogP contribution in [0.5, 0.6) is 0 Å². The molecule has 3 nitrogen and oxygen atoms in total. The van der Waals surface area contributed by atoms with Crippen molar-refractivity contribution in [3.05, 3.63) is 22.6 Å². The van der Waals surface area contributed by atoms with E-state index < -0.39 is 0 Å². The van der Waals surface area contributed by atoms with E-state index in [0.717, 1.165) is 0 Å². The van der Waals surface area contributed by atoms with E-state index in [-0.39, 0.29) is 6.29 Å². The number of hydrogen-bond acceptors (Lipinski definition) is 3. The molecule has 0 saturated carbocycles. The molecule has 1 aromatic heterocycles. The zero-order chi connectivity index (χ0) is 9.68. The highest BCUT2D eigenvalue weighted by atomic mass is 79.9. The standard InChI is InChI=1S/C9H13BrO3/c1-3-11-9(12-4-2)7-5-6-8(10)13-7/h5-6,9H,3-4H2,1-2H3. The van der Waals surface area contributed by atoms with Crippen molar-refractivity contribution in [2.24, 2.45) is 0 Å². The van der Waals surface area contributed by atoms with Crippen LogP contribution >= 0.6 is 15.9 Å². The summed E-state index contributed by atoms with van der Waals surface area (Å²) in [6.45, 7) is 5.04. The lowest BCUT2D eigenvalue weighted by Crippen LogP contribution is -2.07. The van der Waals surface area contributed by atoms with Crippen molar-refractivity contribution in [3.63, 3.8) is 0 Å². The van der Waals surface area contributed by atoms with Gasteiger partial charge in [-0.2, -0.15) is 0 Å². The molecular weight excluding hydrogens is 236 g/mol. The molecule has 1 heterocycles. The highest BCUT2D eigenvalue weighted by molar-refractivity contribution is 9.10. The first-order valence-electron chi connectivity index (χ1n) is 4.26. The third-order valence-corrected chi connectivity index (χ3v) is 1.89. The molecule has 0 aliphatic carbocycles.